The molecule has 0 saturated carbocycles. The van der Waals surface area contributed by atoms with Gasteiger partial charge in [0.05, 0.1) is 6.10 Å². The van der Waals surface area contributed by atoms with E-state index in [9.17, 15) is 9.50 Å². The Morgan fingerprint density at radius 3 is 2.40 bits per heavy atom. The molecule has 0 spiro atoms. The number of aliphatic hydroxyl groups is 1. The molecule has 3 heteroatoms. The van der Waals surface area contributed by atoms with Crippen molar-refractivity contribution in [2.24, 2.45) is 0 Å². The molecule has 0 aliphatic rings. The Morgan fingerprint density at radius 2 is 1.80 bits per heavy atom. The summed E-state index contributed by atoms with van der Waals surface area (Å²) in [6.07, 6.45) is -0.660. The topological polar surface area (TPSA) is 20.2 Å². The van der Waals surface area contributed by atoms with Crippen molar-refractivity contribution in [3.05, 3.63) is 64.5 Å². The second-order valence-corrected chi connectivity index (χ2v) is 6.10. The Labute approximate surface area is 123 Å². The van der Waals surface area contributed by atoms with Crippen LogP contribution in [0.1, 0.15) is 35.3 Å². The monoisotopic (exact) mass is 290 g/mol. The molecule has 0 saturated heterocycles. The second kappa shape index (κ2) is 6.42. The van der Waals surface area contributed by atoms with Gasteiger partial charge in [-0.25, -0.2) is 4.39 Å². The van der Waals surface area contributed by atoms with Gasteiger partial charge in [0, 0.05) is 10.6 Å². The lowest BCUT2D eigenvalue weighted by Crippen LogP contribution is -1.97. The van der Waals surface area contributed by atoms with E-state index < -0.39 is 6.10 Å². The van der Waals surface area contributed by atoms with Crippen molar-refractivity contribution in [3.63, 3.8) is 0 Å². The minimum atomic E-state index is -0.660. The van der Waals surface area contributed by atoms with Crippen molar-refractivity contribution in [3.8, 4) is 0 Å². The van der Waals surface area contributed by atoms with Crippen LogP contribution in [0.4, 0.5) is 4.39 Å². The molecule has 1 nitrogen and oxygen atoms in total. The quantitative estimate of drug-likeness (QED) is 0.817. The number of hydrogen-bond acceptors (Lipinski definition) is 2. The first-order valence-electron chi connectivity index (χ1n) is 6.64. The molecular weight excluding hydrogens is 271 g/mol. The summed E-state index contributed by atoms with van der Waals surface area (Å²) in [5.74, 6) is 0.432. The van der Waals surface area contributed by atoms with Gasteiger partial charge in [-0.3, -0.25) is 0 Å². The number of benzene rings is 2. The van der Waals surface area contributed by atoms with Crippen LogP contribution in [0, 0.1) is 19.7 Å². The summed E-state index contributed by atoms with van der Waals surface area (Å²) in [6, 6.07) is 11.2. The molecule has 1 atom stereocenters. The van der Waals surface area contributed by atoms with Crippen molar-refractivity contribution < 1.29 is 9.50 Å². The maximum Gasteiger partial charge on any atom is 0.137 e. The van der Waals surface area contributed by atoms with Gasteiger partial charge in [-0.1, -0.05) is 41.5 Å². The number of rotatable bonds is 4. The Morgan fingerprint density at radius 1 is 1.15 bits per heavy atom. The number of hydrogen-bond donors (Lipinski definition) is 1. The van der Waals surface area contributed by atoms with Crippen LogP contribution in [-0.4, -0.2) is 5.11 Å². The van der Waals surface area contributed by atoms with Crippen LogP contribution in [0.15, 0.2) is 41.3 Å². The molecule has 0 heterocycles. The summed E-state index contributed by atoms with van der Waals surface area (Å²) in [6.45, 7) is 5.78. The van der Waals surface area contributed by atoms with Crippen LogP contribution in [0.5, 0.6) is 0 Å². The minimum absolute atomic E-state index is 0.266. The van der Waals surface area contributed by atoms with Crippen LogP contribution in [0.2, 0.25) is 0 Å². The summed E-state index contributed by atoms with van der Waals surface area (Å²) in [4.78, 5) is 0.543. The van der Waals surface area contributed by atoms with Crippen molar-refractivity contribution in [1.82, 2.24) is 0 Å². The lowest BCUT2D eigenvalue weighted by Gasteiger charge is -2.13. The molecule has 2 rings (SSSR count). The smallest absolute Gasteiger partial charge is 0.137 e. The predicted octanol–water partition coefficient (Wildman–Crippen LogP) is 4.79. The molecule has 2 aromatic rings. The van der Waals surface area contributed by atoms with Crippen LogP contribution in [0.25, 0.3) is 0 Å². The summed E-state index contributed by atoms with van der Waals surface area (Å²) in [5, 5.41) is 9.73. The third-order valence-corrected chi connectivity index (χ3v) is 4.31. The van der Waals surface area contributed by atoms with Crippen LogP contribution >= 0.6 is 11.8 Å². The van der Waals surface area contributed by atoms with E-state index in [2.05, 4.69) is 32.0 Å². The van der Waals surface area contributed by atoms with Crippen LogP contribution in [-0.2, 0) is 5.75 Å². The maximum atomic E-state index is 13.9. The molecule has 0 aliphatic heterocycles. The van der Waals surface area contributed by atoms with E-state index >= 15 is 0 Å². The Bertz CT molecular complexity index is 588. The van der Waals surface area contributed by atoms with E-state index in [1.807, 2.05) is 0 Å². The second-order valence-electron chi connectivity index (χ2n) is 5.12. The first-order chi connectivity index (χ1) is 9.47. The van der Waals surface area contributed by atoms with Crippen LogP contribution < -0.4 is 0 Å². The summed E-state index contributed by atoms with van der Waals surface area (Å²) >= 11 is 1.44. The summed E-state index contributed by atoms with van der Waals surface area (Å²) in [7, 11) is 0. The molecule has 0 aromatic heterocycles. The minimum Gasteiger partial charge on any atom is -0.389 e. The van der Waals surface area contributed by atoms with Crippen LogP contribution in [0.3, 0.4) is 0 Å². The molecular formula is C17H19FOS. The first kappa shape index (κ1) is 15.1. The molecule has 0 radical (unpaired) electrons. The lowest BCUT2D eigenvalue weighted by atomic mass is 10.1. The zero-order chi connectivity index (χ0) is 14.7. The van der Waals surface area contributed by atoms with Gasteiger partial charge in [-0.2, -0.15) is 0 Å². The highest BCUT2D eigenvalue weighted by molar-refractivity contribution is 7.98. The molecule has 0 aliphatic carbocycles. The van der Waals surface area contributed by atoms with Gasteiger partial charge in [0.15, 0.2) is 0 Å². The Hall–Kier alpha value is -1.32. The van der Waals surface area contributed by atoms with E-state index in [1.165, 1.54) is 34.5 Å². The molecule has 106 valence electrons. The normalized spacial score (nSPS) is 12.4. The largest absolute Gasteiger partial charge is 0.389 e. The fourth-order valence-corrected chi connectivity index (χ4v) is 3.40. The average molecular weight is 290 g/mol. The highest BCUT2D eigenvalue weighted by Gasteiger charge is 2.13. The van der Waals surface area contributed by atoms with Gasteiger partial charge in [-0.15, -0.1) is 11.8 Å². The molecule has 2 aromatic carbocycles. The molecule has 0 fully saturated rings. The third-order valence-electron chi connectivity index (χ3n) is 3.11. The van der Waals surface area contributed by atoms with Crippen molar-refractivity contribution in [2.45, 2.75) is 37.5 Å². The maximum absolute atomic E-state index is 13.9. The van der Waals surface area contributed by atoms with Crippen molar-refractivity contribution in [1.29, 1.82) is 0 Å². The van der Waals surface area contributed by atoms with E-state index in [1.54, 1.807) is 19.1 Å². The number of aryl methyl sites for hydroxylation is 2. The van der Waals surface area contributed by atoms with Crippen molar-refractivity contribution >= 4 is 11.8 Å². The standard InChI is InChI=1S/C17H19FOS/c1-11-7-12(2)9-14(8-11)10-20-17-15(13(3)19)5-4-6-16(17)18/h4-9,13,19H,10H2,1-3H3/t13-/m0/s1. The summed E-state index contributed by atoms with van der Waals surface area (Å²) in [5.41, 5.74) is 4.25. The molecule has 0 amide bonds. The van der Waals surface area contributed by atoms with Gasteiger partial charge < -0.3 is 5.11 Å². The highest BCUT2D eigenvalue weighted by Crippen LogP contribution is 2.32. The first-order valence-corrected chi connectivity index (χ1v) is 7.62. The van der Waals surface area contributed by atoms with E-state index in [0.29, 0.717) is 16.2 Å². The molecule has 0 unspecified atom stereocenters. The molecule has 0 bridgehead atoms. The van der Waals surface area contributed by atoms with Gasteiger partial charge in [-0.05, 0) is 38.0 Å². The fourth-order valence-electron chi connectivity index (χ4n) is 2.31. The third kappa shape index (κ3) is 3.62. The van der Waals surface area contributed by atoms with Gasteiger partial charge >= 0.3 is 0 Å². The Balaban J connectivity index is 2.22. The number of thioether (sulfide) groups is 1. The van der Waals surface area contributed by atoms with Gasteiger partial charge in [0.2, 0.25) is 0 Å². The molecule has 20 heavy (non-hydrogen) atoms. The van der Waals surface area contributed by atoms with Gasteiger partial charge in [0.1, 0.15) is 5.82 Å². The zero-order valence-electron chi connectivity index (χ0n) is 12.0. The lowest BCUT2D eigenvalue weighted by molar-refractivity contribution is 0.195. The average Bonchev–Trinajstić information content (AvgIpc) is 2.35. The SMILES string of the molecule is Cc1cc(C)cc(CSc2c(F)cccc2[C@H](C)O)c1. The van der Waals surface area contributed by atoms with Gasteiger partial charge in [0.25, 0.3) is 0 Å². The van der Waals surface area contributed by atoms with E-state index in [-0.39, 0.29) is 5.82 Å². The highest BCUT2D eigenvalue weighted by atomic mass is 32.2. The Kier molecular flexibility index (Phi) is 4.84. The van der Waals surface area contributed by atoms with E-state index in [4.69, 9.17) is 0 Å². The number of halogens is 1. The van der Waals surface area contributed by atoms with E-state index in [0.717, 1.165) is 0 Å². The number of aliphatic hydroxyl groups excluding tert-OH is 1. The predicted molar refractivity (Wildman–Crippen MR) is 82.5 cm³/mol. The summed E-state index contributed by atoms with van der Waals surface area (Å²) < 4.78 is 13.9. The fraction of sp³-hybridized carbons (Fsp3) is 0.294. The van der Waals surface area contributed by atoms with Crippen molar-refractivity contribution in [2.75, 3.05) is 0 Å². The zero-order valence-corrected chi connectivity index (χ0v) is 12.8. The molecule has 1 N–H and O–H groups in total.